The number of nitro groups is 1. The first-order chi connectivity index (χ1) is 6.72. The van der Waals surface area contributed by atoms with Crippen LogP contribution in [0, 0.1) is 16.0 Å². The Morgan fingerprint density at radius 3 is 2.93 bits per heavy atom. The minimum atomic E-state index is -0.638. The molecule has 0 amide bonds. The van der Waals surface area contributed by atoms with Crippen LogP contribution in [-0.4, -0.2) is 43.3 Å². The van der Waals surface area contributed by atoms with E-state index in [1.165, 1.54) is 7.05 Å². The highest BCUT2D eigenvalue weighted by Crippen LogP contribution is 2.10. The summed E-state index contributed by atoms with van der Waals surface area (Å²) in [5.41, 5.74) is 1.97. The summed E-state index contributed by atoms with van der Waals surface area (Å²) in [5.74, 6) is 0.599. The Hall–Kier alpha value is -1.41. The van der Waals surface area contributed by atoms with Gasteiger partial charge in [-0.2, -0.15) is 0 Å². The number of aliphatic imine (C=N–C) groups is 1. The van der Waals surface area contributed by atoms with Crippen LogP contribution in [0.25, 0.3) is 0 Å². The highest BCUT2D eigenvalue weighted by Gasteiger charge is 2.16. The maximum atomic E-state index is 10.1. The molecule has 8 heteroatoms. The Morgan fingerprint density at radius 2 is 2.47 bits per heavy atom. The van der Waals surface area contributed by atoms with Gasteiger partial charge in [0.25, 0.3) is 5.96 Å². The van der Waals surface area contributed by atoms with E-state index < -0.39 is 5.03 Å². The normalized spacial score (nSPS) is 20.6. The van der Waals surface area contributed by atoms with Crippen LogP contribution in [0.3, 0.4) is 0 Å². The van der Waals surface area contributed by atoms with Crippen molar-refractivity contribution < 1.29 is 15.2 Å². The second kappa shape index (κ2) is 6.96. The van der Waals surface area contributed by atoms with Crippen molar-refractivity contribution in [3.05, 3.63) is 10.1 Å². The quantitative estimate of drug-likeness (QED) is 0.261. The fraction of sp³-hybridized carbons (Fsp3) is 0.857. The predicted molar refractivity (Wildman–Crippen MR) is 54.0 cm³/mol. The van der Waals surface area contributed by atoms with Gasteiger partial charge in [0.15, 0.2) is 5.03 Å². The maximum Gasteiger partial charge on any atom is 0.253 e. The third kappa shape index (κ3) is 5.13. The van der Waals surface area contributed by atoms with Crippen LogP contribution in [0.1, 0.15) is 6.42 Å². The van der Waals surface area contributed by atoms with Crippen molar-refractivity contribution in [2.24, 2.45) is 10.9 Å². The van der Waals surface area contributed by atoms with E-state index in [9.17, 15) is 10.1 Å². The molecule has 1 rings (SSSR count). The Balaban J connectivity index is 0.00000196. The molecule has 1 unspecified atom stereocenters. The highest BCUT2D eigenvalue weighted by molar-refractivity contribution is 5.78. The van der Waals surface area contributed by atoms with Crippen molar-refractivity contribution in [3.8, 4) is 0 Å². The zero-order valence-electron chi connectivity index (χ0n) is 8.52. The molecule has 0 radical (unpaired) electrons. The summed E-state index contributed by atoms with van der Waals surface area (Å²) >= 11 is 0. The van der Waals surface area contributed by atoms with Crippen LogP contribution >= 0.6 is 0 Å². The maximum absolute atomic E-state index is 10.1. The van der Waals surface area contributed by atoms with Gasteiger partial charge in [0.05, 0.1) is 6.61 Å². The van der Waals surface area contributed by atoms with Gasteiger partial charge >= 0.3 is 0 Å². The molecular weight excluding hydrogens is 204 g/mol. The minimum Gasteiger partial charge on any atom is -0.412 e. The van der Waals surface area contributed by atoms with E-state index in [0.717, 1.165) is 13.0 Å². The molecule has 1 aliphatic heterocycles. The van der Waals surface area contributed by atoms with Crippen LogP contribution in [-0.2, 0) is 4.74 Å². The predicted octanol–water partition coefficient (Wildman–Crippen LogP) is -1.45. The Labute approximate surface area is 87.1 Å². The van der Waals surface area contributed by atoms with E-state index in [1.807, 2.05) is 5.43 Å². The summed E-state index contributed by atoms with van der Waals surface area (Å²) in [7, 11) is 1.49. The number of nitrogens with one attached hydrogen (secondary N) is 2. The summed E-state index contributed by atoms with van der Waals surface area (Å²) in [4.78, 5) is 13.8. The van der Waals surface area contributed by atoms with Gasteiger partial charge < -0.3 is 15.5 Å². The van der Waals surface area contributed by atoms with Crippen molar-refractivity contribution in [3.63, 3.8) is 0 Å². The average molecular weight is 220 g/mol. The van der Waals surface area contributed by atoms with Gasteiger partial charge in [-0.3, -0.25) is 4.99 Å². The molecule has 0 bridgehead atoms. The van der Waals surface area contributed by atoms with E-state index >= 15 is 0 Å². The van der Waals surface area contributed by atoms with Gasteiger partial charge in [-0.25, -0.2) is 10.1 Å². The molecule has 15 heavy (non-hydrogen) atoms. The van der Waals surface area contributed by atoms with E-state index in [2.05, 4.69) is 10.3 Å². The molecule has 1 atom stereocenters. The molecule has 0 aliphatic carbocycles. The molecule has 1 aliphatic rings. The SMILES string of the molecule is CN=C(NCC1CCOC1)N[N+](=O)[O-].O. The summed E-state index contributed by atoms with van der Waals surface area (Å²) in [6.45, 7) is 2.13. The molecular formula is C7H16N4O4. The summed E-state index contributed by atoms with van der Waals surface area (Å²) < 4.78 is 5.17. The molecule has 0 spiro atoms. The fourth-order valence-corrected chi connectivity index (χ4v) is 1.24. The zero-order chi connectivity index (χ0) is 10.4. The Bertz CT molecular complexity index is 227. The second-order valence-electron chi connectivity index (χ2n) is 3.05. The molecule has 1 heterocycles. The topological polar surface area (TPSA) is 120 Å². The van der Waals surface area contributed by atoms with Gasteiger partial charge in [0.2, 0.25) is 0 Å². The Morgan fingerprint density at radius 1 is 1.73 bits per heavy atom. The van der Waals surface area contributed by atoms with E-state index in [0.29, 0.717) is 19.1 Å². The highest BCUT2D eigenvalue weighted by atomic mass is 16.7. The minimum absolute atomic E-state index is 0. The lowest BCUT2D eigenvalue weighted by Gasteiger charge is -2.09. The lowest BCUT2D eigenvalue weighted by Crippen LogP contribution is -2.42. The molecule has 0 aromatic heterocycles. The molecule has 0 aromatic rings. The molecule has 88 valence electrons. The summed E-state index contributed by atoms with van der Waals surface area (Å²) in [5, 5.41) is 12.3. The van der Waals surface area contributed by atoms with Crippen LogP contribution in [0.4, 0.5) is 0 Å². The van der Waals surface area contributed by atoms with Gasteiger partial charge in [0.1, 0.15) is 0 Å². The monoisotopic (exact) mass is 220 g/mol. The number of guanidine groups is 1. The average Bonchev–Trinajstić information content (AvgIpc) is 2.64. The third-order valence-electron chi connectivity index (χ3n) is 2.00. The smallest absolute Gasteiger partial charge is 0.253 e. The van der Waals surface area contributed by atoms with Crippen LogP contribution in [0.5, 0.6) is 0 Å². The molecule has 0 aromatic carbocycles. The molecule has 8 nitrogen and oxygen atoms in total. The zero-order valence-corrected chi connectivity index (χ0v) is 8.52. The number of hydrogen-bond donors (Lipinski definition) is 2. The number of hydrazine groups is 1. The third-order valence-corrected chi connectivity index (χ3v) is 2.00. The first-order valence-corrected chi connectivity index (χ1v) is 4.42. The summed E-state index contributed by atoms with van der Waals surface area (Å²) in [6, 6.07) is 0. The molecule has 1 fully saturated rings. The van der Waals surface area contributed by atoms with Crippen molar-refractivity contribution in [2.45, 2.75) is 6.42 Å². The van der Waals surface area contributed by atoms with Gasteiger partial charge in [-0.05, 0) is 6.42 Å². The van der Waals surface area contributed by atoms with Crippen molar-refractivity contribution >= 4 is 5.96 Å². The number of ether oxygens (including phenoxy) is 1. The first-order valence-electron chi connectivity index (χ1n) is 4.42. The number of hydrogen-bond acceptors (Lipinski definition) is 4. The van der Waals surface area contributed by atoms with E-state index in [1.54, 1.807) is 0 Å². The number of rotatable bonds is 3. The van der Waals surface area contributed by atoms with E-state index in [-0.39, 0.29) is 11.4 Å². The lowest BCUT2D eigenvalue weighted by atomic mass is 10.1. The standard InChI is InChI=1S/C7H14N4O3.H2O/c1-8-7(10-11(12)13)9-4-6-2-3-14-5-6;/h6H,2-5H2,1H3,(H2,8,9,10);1H2. The van der Waals surface area contributed by atoms with Crippen molar-refractivity contribution in [1.29, 1.82) is 0 Å². The lowest BCUT2D eigenvalue weighted by molar-refractivity contribution is -0.525. The summed E-state index contributed by atoms with van der Waals surface area (Å²) in [6.07, 6.45) is 0.989. The van der Waals surface area contributed by atoms with E-state index in [4.69, 9.17) is 4.74 Å². The van der Waals surface area contributed by atoms with Crippen molar-refractivity contribution in [2.75, 3.05) is 26.8 Å². The molecule has 0 saturated carbocycles. The first kappa shape index (κ1) is 13.6. The second-order valence-corrected chi connectivity index (χ2v) is 3.05. The fourth-order valence-electron chi connectivity index (χ4n) is 1.24. The van der Waals surface area contributed by atoms with Gasteiger partial charge in [-0.1, -0.05) is 5.43 Å². The van der Waals surface area contributed by atoms with Gasteiger partial charge in [-0.15, -0.1) is 0 Å². The van der Waals surface area contributed by atoms with Crippen LogP contribution < -0.4 is 10.7 Å². The molecule has 4 N–H and O–H groups in total. The van der Waals surface area contributed by atoms with Crippen molar-refractivity contribution in [1.82, 2.24) is 10.7 Å². The Kier molecular flexibility index (Phi) is 6.30. The largest absolute Gasteiger partial charge is 0.412 e. The number of nitrogens with zero attached hydrogens (tertiary/aromatic N) is 2. The van der Waals surface area contributed by atoms with Crippen LogP contribution in [0.15, 0.2) is 4.99 Å². The van der Waals surface area contributed by atoms with Crippen LogP contribution in [0.2, 0.25) is 0 Å². The molecule has 1 saturated heterocycles. The van der Waals surface area contributed by atoms with Gasteiger partial charge in [0, 0.05) is 26.1 Å².